The molecule has 1 aromatic rings. The van der Waals surface area contributed by atoms with Crippen LogP contribution in [0.3, 0.4) is 0 Å². The first-order valence-corrected chi connectivity index (χ1v) is 7.16. The summed E-state index contributed by atoms with van der Waals surface area (Å²) in [5, 5.41) is 5.86. The van der Waals surface area contributed by atoms with E-state index in [2.05, 4.69) is 26.6 Å². The zero-order chi connectivity index (χ0) is 14.4. The number of halogens is 1. The van der Waals surface area contributed by atoms with Gasteiger partial charge in [-0.25, -0.2) is 0 Å². The lowest BCUT2D eigenvalue weighted by Gasteiger charge is -2.19. The predicted molar refractivity (Wildman–Crippen MR) is 80.4 cm³/mol. The Balaban J connectivity index is 2.95. The fourth-order valence-corrected chi connectivity index (χ4v) is 2.46. The molecule has 1 amide bonds. The molecule has 1 aromatic carbocycles. The Morgan fingerprint density at radius 1 is 1.47 bits per heavy atom. The van der Waals surface area contributed by atoms with Gasteiger partial charge < -0.3 is 15.4 Å². The van der Waals surface area contributed by atoms with Crippen molar-refractivity contribution in [3.8, 4) is 5.75 Å². The molecule has 0 fully saturated rings. The number of carbonyl (C=O) groups is 1. The summed E-state index contributed by atoms with van der Waals surface area (Å²) in [6.07, 6.45) is -0.504. The molecule has 0 aliphatic carbocycles. The van der Waals surface area contributed by atoms with Gasteiger partial charge in [0.25, 0.3) is 5.91 Å². The lowest BCUT2D eigenvalue weighted by molar-refractivity contribution is -0.127. The maximum absolute atomic E-state index is 11.7. The fourth-order valence-electron chi connectivity index (χ4n) is 1.84. The molecule has 0 aliphatic heterocycles. The minimum atomic E-state index is -0.504. The first-order chi connectivity index (χ1) is 8.99. The number of hydrogen-bond acceptors (Lipinski definition) is 3. The van der Waals surface area contributed by atoms with Gasteiger partial charge in [-0.2, -0.15) is 0 Å². The van der Waals surface area contributed by atoms with Crippen LogP contribution in [0, 0.1) is 6.92 Å². The van der Waals surface area contributed by atoms with Crippen molar-refractivity contribution in [2.24, 2.45) is 0 Å². The van der Waals surface area contributed by atoms with Crippen LogP contribution in [0.1, 0.15) is 25.0 Å². The highest BCUT2D eigenvalue weighted by Crippen LogP contribution is 2.29. The van der Waals surface area contributed by atoms with Crippen LogP contribution in [0.15, 0.2) is 16.6 Å². The van der Waals surface area contributed by atoms with E-state index in [9.17, 15) is 4.79 Å². The van der Waals surface area contributed by atoms with Crippen LogP contribution in [0.4, 0.5) is 0 Å². The lowest BCUT2D eigenvalue weighted by Crippen LogP contribution is -2.36. The molecular weight excluding hydrogens is 308 g/mol. The van der Waals surface area contributed by atoms with Crippen molar-refractivity contribution >= 4 is 21.8 Å². The second kappa shape index (κ2) is 7.50. The highest BCUT2D eigenvalue weighted by Gasteiger charge is 2.17. The van der Waals surface area contributed by atoms with E-state index in [1.165, 1.54) is 0 Å². The first kappa shape index (κ1) is 16.0. The summed E-state index contributed by atoms with van der Waals surface area (Å²) in [4.78, 5) is 11.7. The summed E-state index contributed by atoms with van der Waals surface area (Å²) in [6.45, 7) is 6.92. The van der Waals surface area contributed by atoms with Gasteiger partial charge in [0.05, 0.1) is 0 Å². The zero-order valence-electron chi connectivity index (χ0n) is 11.8. The van der Waals surface area contributed by atoms with E-state index in [1.54, 1.807) is 6.92 Å². The van der Waals surface area contributed by atoms with Crippen molar-refractivity contribution in [3.63, 3.8) is 0 Å². The van der Waals surface area contributed by atoms with Crippen molar-refractivity contribution in [3.05, 3.63) is 27.7 Å². The van der Waals surface area contributed by atoms with Gasteiger partial charge in [-0.05, 0) is 45.5 Å². The van der Waals surface area contributed by atoms with Crippen LogP contribution in [-0.2, 0) is 11.3 Å². The standard InChI is InChI=1S/C14H21BrN2O2/c1-5-17-14(18)10(3)19-13-9(2)6-12(15)7-11(13)8-16-4/h6-7,10,16H,5,8H2,1-4H3,(H,17,18). The molecule has 2 N–H and O–H groups in total. The highest BCUT2D eigenvalue weighted by atomic mass is 79.9. The first-order valence-electron chi connectivity index (χ1n) is 6.37. The number of rotatable bonds is 6. The zero-order valence-corrected chi connectivity index (χ0v) is 13.4. The minimum absolute atomic E-state index is 0.0970. The normalized spacial score (nSPS) is 12.1. The number of amides is 1. The quantitative estimate of drug-likeness (QED) is 0.843. The molecule has 1 atom stereocenters. The molecule has 0 spiro atoms. The van der Waals surface area contributed by atoms with E-state index in [0.29, 0.717) is 13.1 Å². The third kappa shape index (κ3) is 4.51. The van der Waals surface area contributed by atoms with Crippen LogP contribution in [0.5, 0.6) is 5.75 Å². The Hall–Kier alpha value is -1.07. The number of benzene rings is 1. The molecule has 4 nitrogen and oxygen atoms in total. The molecule has 0 aromatic heterocycles. The lowest BCUT2D eigenvalue weighted by atomic mass is 10.1. The molecule has 0 aliphatic rings. The van der Waals surface area contributed by atoms with Gasteiger partial charge in [0, 0.05) is 23.1 Å². The maximum atomic E-state index is 11.7. The van der Waals surface area contributed by atoms with Crippen molar-refractivity contribution in [2.45, 2.75) is 33.4 Å². The molecule has 1 unspecified atom stereocenters. The average Bonchev–Trinajstić information content (AvgIpc) is 2.33. The van der Waals surface area contributed by atoms with E-state index < -0.39 is 6.10 Å². The average molecular weight is 329 g/mol. The van der Waals surface area contributed by atoms with E-state index in [4.69, 9.17) is 4.74 Å². The van der Waals surface area contributed by atoms with Gasteiger partial charge in [0.1, 0.15) is 5.75 Å². The Bertz CT molecular complexity index is 449. The van der Waals surface area contributed by atoms with Crippen LogP contribution < -0.4 is 15.4 Å². The molecule has 19 heavy (non-hydrogen) atoms. The predicted octanol–water partition coefficient (Wildman–Crippen LogP) is 2.38. The minimum Gasteiger partial charge on any atom is -0.480 e. The van der Waals surface area contributed by atoms with Gasteiger partial charge >= 0.3 is 0 Å². The van der Waals surface area contributed by atoms with Crippen LogP contribution in [-0.4, -0.2) is 25.6 Å². The highest BCUT2D eigenvalue weighted by molar-refractivity contribution is 9.10. The smallest absolute Gasteiger partial charge is 0.260 e. The number of ether oxygens (including phenoxy) is 1. The summed E-state index contributed by atoms with van der Waals surface area (Å²) < 4.78 is 6.83. The molecule has 0 heterocycles. The third-order valence-electron chi connectivity index (χ3n) is 2.70. The number of nitrogens with one attached hydrogen (secondary N) is 2. The number of carbonyl (C=O) groups excluding carboxylic acids is 1. The van der Waals surface area contributed by atoms with E-state index in [0.717, 1.165) is 21.3 Å². The summed E-state index contributed by atoms with van der Waals surface area (Å²) >= 11 is 3.47. The molecule has 106 valence electrons. The monoisotopic (exact) mass is 328 g/mol. The fraction of sp³-hybridized carbons (Fsp3) is 0.500. The SMILES string of the molecule is CCNC(=O)C(C)Oc1c(C)cc(Br)cc1CNC. The van der Waals surface area contributed by atoms with E-state index in [1.807, 2.05) is 33.0 Å². The van der Waals surface area contributed by atoms with Gasteiger partial charge in [0.15, 0.2) is 6.10 Å². The van der Waals surface area contributed by atoms with Crippen LogP contribution in [0.2, 0.25) is 0 Å². The van der Waals surface area contributed by atoms with Gasteiger partial charge in [-0.1, -0.05) is 15.9 Å². The summed E-state index contributed by atoms with van der Waals surface area (Å²) in [6, 6.07) is 3.99. The third-order valence-corrected chi connectivity index (χ3v) is 3.16. The molecule has 5 heteroatoms. The number of likely N-dealkylation sites (N-methyl/N-ethyl adjacent to an activating group) is 1. The Morgan fingerprint density at radius 3 is 2.74 bits per heavy atom. The molecule has 0 radical (unpaired) electrons. The van der Waals surface area contributed by atoms with Crippen LogP contribution in [0.25, 0.3) is 0 Å². The van der Waals surface area contributed by atoms with E-state index >= 15 is 0 Å². The Kier molecular flexibility index (Phi) is 6.31. The van der Waals surface area contributed by atoms with Crippen molar-refractivity contribution in [1.29, 1.82) is 0 Å². The van der Waals surface area contributed by atoms with Gasteiger partial charge in [-0.15, -0.1) is 0 Å². The second-order valence-electron chi connectivity index (χ2n) is 4.40. The number of hydrogen-bond donors (Lipinski definition) is 2. The topological polar surface area (TPSA) is 50.4 Å². The molecule has 1 rings (SSSR count). The molecule has 0 saturated carbocycles. The number of aryl methyl sites for hydroxylation is 1. The maximum Gasteiger partial charge on any atom is 0.260 e. The van der Waals surface area contributed by atoms with Gasteiger partial charge in [0.2, 0.25) is 0 Å². The Labute approximate surface area is 123 Å². The summed E-state index contributed by atoms with van der Waals surface area (Å²) in [5.41, 5.74) is 2.04. The second-order valence-corrected chi connectivity index (χ2v) is 5.31. The summed E-state index contributed by atoms with van der Waals surface area (Å²) in [7, 11) is 1.88. The van der Waals surface area contributed by atoms with Gasteiger partial charge in [-0.3, -0.25) is 4.79 Å². The van der Waals surface area contributed by atoms with Crippen molar-refractivity contribution in [1.82, 2.24) is 10.6 Å². The van der Waals surface area contributed by atoms with Crippen LogP contribution >= 0.6 is 15.9 Å². The largest absolute Gasteiger partial charge is 0.480 e. The van der Waals surface area contributed by atoms with Crippen molar-refractivity contribution < 1.29 is 9.53 Å². The van der Waals surface area contributed by atoms with E-state index in [-0.39, 0.29) is 5.91 Å². The molecule has 0 saturated heterocycles. The summed E-state index contributed by atoms with van der Waals surface area (Å²) in [5.74, 6) is 0.677. The molecule has 0 bridgehead atoms. The molecular formula is C14H21BrN2O2. The Morgan fingerprint density at radius 2 is 2.16 bits per heavy atom. The van der Waals surface area contributed by atoms with Crippen molar-refractivity contribution in [2.75, 3.05) is 13.6 Å².